The van der Waals surface area contributed by atoms with Gasteiger partial charge < -0.3 is 9.80 Å². The van der Waals surface area contributed by atoms with Gasteiger partial charge in [-0.05, 0) is 58.3 Å². The van der Waals surface area contributed by atoms with E-state index in [0.717, 1.165) is 43.0 Å². The maximum Gasteiger partial charge on any atom is 0.255 e. The molecule has 4 rings (SSSR count). The van der Waals surface area contributed by atoms with Crippen molar-refractivity contribution in [1.29, 1.82) is 0 Å². The number of likely N-dealkylation sites (N-methyl/N-ethyl adjacent to an activating group) is 1. The Labute approximate surface area is 136 Å². The Morgan fingerprint density at radius 2 is 1.91 bits per heavy atom. The molecule has 23 heavy (non-hydrogen) atoms. The van der Waals surface area contributed by atoms with E-state index >= 15 is 0 Å². The highest BCUT2D eigenvalue weighted by atomic mass is 16.2. The molecule has 6 nitrogen and oxygen atoms in total. The molecule has 0 saturated carbocycles. The fourth-order valence-corrected chi connectivity index (χ4v) is 4.16. The van der Waals surface area contributed by atoms with Crippen molar-refractivity contribution in [3.63, 3.8) is 0 Å². The predicted octanol–water partition coefficient (Wildman–Crippen LogP) is 1.74. The highest BCUT2D eigenvalue weighted by molar-refractivity contribution is 5.94. The second-order valence-corrected chi connectivity index (χ2v) is 6.79. The second kappa shape index (κ2) is 5.60. The van der Waals surface area contributed by atoms with Crippen molar-refractivity contribution in [2.45, 2.75) is 44.7 Å². The monoisotopic (exact) mass is 313 g/mol. The van der Waals surface area contributed by atoms with Crippen molar-refractivity contribution in [1.82, 2.24) is 24.4 Å². The minimum absolute atomic E-state index is 0.141. The number of aryl methyl sites for hydroxylation is 1. The molecule has 2 atom stereocenters. The smallest absolute Gasteiger partial charge is 0.255 e. The lowest BCUT2D eigenvalue weighted by Gasteiger charge is -2.33. The summed E-state index contributed by atoms with van der Waals surface area (Å²) in [6.07, 6.45) is 6.55. The summed E-state index contributed by atoms with van der Waals surface area (Å²) in [5, 5.41) is 8.15. The maximum atomic E-state index is 13.1. The van der Waals surface area contributed by atoms with Gasteiger partial charge in [0.2, 0.25) is 0 Å². The zero-order valence-corrected chi connectivity index (χ0v) is 13.8. The number of pyridine rings is 1. The molecule has 0 aliphatic carbocycles. The third kappa shape index (κ3) is 2.41. The summed E-state index contributed by atoms with van der Waals surface area (Å²) in [6, 6.07) is 4.62. The lowest BCUT2D eigenvalue weighted by atomic mass is 10.0. The summed E-state index contributed by atoms with van der Waals surface area (Å²) in [4.78, 5) is 17.6. The van der Waals surface area contributed by atoms with Crippen molar-refractivity contribution in [3.05, 3.63) is 29.7 Å². The van der Waals surface area contributed by atoms with E-state index < -0.39 is 0 Å². The number of nitrogens with zero attached hydrogens (tertiary/aromatic N) is 5. The molecule has 1 amide bonds. The van der Waals surface area contributed by atoms with Crippen LogP contribution in [0.15, 0.2) is 18.3 Å². The number of hydrogen-bond acceptors (Lipinski definition) is 4. The highest BCUT2D eigenvalue weighted by Crippen LogP contribution is 2.30. The maximum absolute atomic E-state index is 13.1. The van der Waals surface area contributed by atoms with Crippen LogP contribution >= 0.6 is 0 Å². The molecular weight excluding hydrogens is 290 g/mol. The molecule has 2 saturated heterocycles. The van der Waals surface area contributed by atoms with Crippen molar-refractivity contribution >= 4 is 11.6 Å². The predicted molar refractivity (Wildman–Crippen MR) is 87.4 cm³/mol. The van der Waals surface area contributed by atoms with Crippen LogP contribution in [0.4, 0.5) is 0 Å². The summed E-state index contributed by atoms with van der Waals surface area (Å²) < 4.78 is 1.89. The van der Waals surface area contributed by atoms with Crippen LogP contribution in [-0.4, -0.2) is 62.5 Å². The van der Waals surface area contributed by atoms with Gasteiger partial charge >= 0.3 is 0 Å². The van der Waals surface area contributed by atoms with E-state index in [9.17, 15) is 4.79 Å². The Morgan fingerprint density at radius 3 is 2.70 bits per heavy atom. The summed E-state index contributed by atoms with van der Waals surface area (Å²) in [5.41, 5.74) is 1.51. The molecule has 0 unspecified atom stereocenters. The number of likely N-dealkylation sites (tertiary alicyclic amines) is 2. The first-order valence-electron chi connectivity index (χ1n) is 8.48. The van der Waals surface area contributed by atoms with Crippen LogP contribution in [0.1, 0.15) is 41.9 Å². The molecule has 0 aromatic carbocycles. The van der Waals surface area contributed by atoms with Crippen LogP contribution in [0.25, 0.3) is 5.65 Å². The van der Waals surface area contributed by atoms with Crippen LogP contribution in [0.3, 0.4) is 0 Å². The molecule has 4 heterocycles. The van der Waals surface area contributed by atoms with E-state index in [1.54, 1.807) is 0 Å². The average molecular weight is 313 g/mol. The number of rotatable bonds is 2. The number of carbonyl (C=O) groups is 1. The van der Waals surface area contributed by atoms with Gasteiger partial charge in [-0.2, -0.15) is 0 Å². The van der Waals surface area contributed by atoms with Gasteiger partial charge in [-0.1, -0.05) is 0 Å². The molecule has 0 N–H and O–H groups in total. The molecule has 2 fully saturated rings. The van der Waals surface area contributed by atoms with E-state index in [1.807, 2.05) is 29.7 Å². The normalized spacial score (nSPS) is 25.6. The van der Waals surface area contributed by atoms with Gasteiger partial charge in [0.25, 0.3) is 5.91 Å². The number of hydrogen-bond donors (Lipinski definition) is 0. The SMILES string of the molecule is Cc1nnc2ccc(C(=O)N3CCC[C@@H]3[C@H]3CCCN3C)cn12. The first-order valence-corrected chi connectivity index (χ1v) is 8.48. The van der Waals surface area contributed by atoms with Crippen molar-refractivity contribution in [3.8, 4) is 0 Å². The lowest BCUT2D eigenvalue weighted by Crippen LogP contribution is -2.47. The minimum atomic E-state index is 0.141. The fraction of sp³-hybridized carbons (Fsp3) is 0.588. The molecule has 2 aliphatic rings. The topological polar surface area (TPSA) is 53.7 Å². The third-order valence-electron chi connectivity index (χ3n) is 5.40. The Morgan fingerprint density at radius 1 is 1.13 bits per heavy atom. The van der Waals surface area contributed by atoms with Crippen LogP contribution in [0, 0.1) is 6.92 Å². The van der Waals surface area contributed by atoms with Gasteiger partial charge in [0, 0.05) is 24.8 Å². The Balaban J connectivity index is 1.62. The molecule has 6 heteroatoms. The Kier molecular flexibility index (Phi) is 3.56. The van der Waals surface area contributed by atoms with E-state index in [2.05, 4.69) is 27.0 Å². The van der Waals surface area contributed by atoms with Gasteiger partial charge in [-0.3, -0.25) is 9.20 Å². The molecule has 2 aromatic heterocycles. The highest BCUT2D eigenvalue weighted by Gasteiger charge is 2.38. The minimum Gasteiger partial charge on any atom is -0.334 e. The van der Waals surface area contributed by atoms with Gasteiger partial charge in [0.15, 0.2) is 5.65 Å². The molecule has 122 valence electrons. The quantitative estimate of drug-likeness (QED) is 0.847. The summed E-state index contributed by atoms with van der Waals surface area (Å²) in [6.45, 7) is 3.92. The molecule has 0 radical (unpaired) electrons. The Hall–Kier alpha value is -1.95. The van der Waals surface area contributed by atoms with Crippen LogP contribution < -0.4 is 0 Å². The number of aromatic nitrogens is 3. The standard InChI is InChI=1S/C17H23N5O/c1-12-18-19-16-8-7-13(11-22(12)16)17(23)21-10-4-6-15(21)14-5-3-9-20(14)2/h7-8,11,14-15H,3-6,9-10H2,1-2H3/t14-,15-/m1/s1. The number of fused-ring (bicyclic) bond motifs is 1. The first kappa shape index (κ1) is 14.6. The molecular formula is C17H23N5O. The van der Waals surface area contributed by atoms with Gasteiger partial charge in [-0.25, -0.2) is 0 Å². The molecule has 2 aromatic rings. The van der Waals surface area contributed by atoms with E-state index in [-0.39, 0.29) is 5.91 Å². The van der Waals surface area contributed by atoms with E-state index in [4.69, 9.17) is 0 Å². The van der Waals surface area contributed by atoms with Crippen molar-refractivity contribution in [2.24, 2.45) is 0 Å². The van der Waals surface area contributed by atoms with Crippen LogP contribution in [0.5, 0.6) is 0 Å². The third-order valence-corrected chi connectivity index (χ3v) is 5.40. The number of carbonyl (C=O) groups excluding carboxylic acids is 1. The summed E-state index contributed by atoms with van der Waals surface area (Å²) in [7, 11) is 2.19. The lowest BCUT2D eigenvalue weighted by molar-refractivity contribution is 0.0664. The average Bonchev–Trinajstić information content (AvgIpc) is 3.26. The van der Waals surface area contributed by atoms with Crippen molar-refractivity contribution in [2.75, 3.05) is 20.1 Å². The fourth-order valence-electron chi connectivity index (χ4n) is 4.16. The number of amides is 1. The first-order chi connectivity index (χ1) is 11.1. The largest absolute Gasteiger partial charge is 0.334 e. The second-order valence-electron chi connectivity index (χ2n) is 6.79. The van der Waals surface area contributed by atoms with Crippen LogP contribution in [-0.2, 0) is 0 Å². The molecule has 2 aliphatic heterocycles. The zero-order chi connectivity index (χ0) is 16.0. The molecule has 0 spiro atoms. The van der Waals surface area contributed by atoms with Crippen molar-refractivity contribution < 1.29 is 4.79 Å². The van der Waals surface area contributed by atoms with E-state index in [0.29, 0.717) is 12.1 Å². The van der Waals surface area contributed by atoms with Gasteiger partial charge in [0.05, 0.1) is 5.56 Å². The zero-order valence-electron chi connectivity index (χ0n) is 13.8. The van der Waals surface area contributed by atoms with E-state index in [1.165, 1.54) is 12.8 Å². The van der Waals surface area contributed by atoms with Gasteiger partial charge in [0.1, 0.15) is 5.82 Å². The molecule has 0 bridgehead atoms. The van der Waals surface area contributed by atoms with Gasteiger partial charge in [-0.15, -0.1) is 10.2 Å². The Bertz CT molecular complexity index is 740. The van der Waals surface area contributed by atoms with Crippen LogP contribution in [0.2, 0.25) is 0 Å². The summed E-state index contributed by atoms with van der Waals surface area (Å²) >= 11 is 0. The summed E-state index contributed by atoms with van der Waals surface area (Å²) in [5.74, 6) is 0.950.